The van der Waals surface area contributed by atoms with Gasteiger partial charge in [0.05, 0.1) is 12.5 Å². The minimum Gasteiger partial charge on any atom is -0.299 e. The van der Waals surface area contributed by atoms with Crippen molar-refractivity contribution < 1.29 is 0 Å². The minimum atomic E-state index is 0.0243. The summed E-state index contributed by atoms with van der Waals surface area (Å²) in [6.07, 6.45) is 7.51. The van der Waals surface area contributed by atoms with Crippen LogP contribution in [0.4, 0.5) is 0 Å². The smallest absolute Gasteiger partial charge is 0.264 e. The van der Waals surface area contributed by atoms with Gasteiger partial charge in [0.2, 0.25) is 0 Å². The predicted octanol–water partition coefficient (Wildman–Crippen LogP) is 2.19. The molecule has 0 radical (unpaired) electrons. The highest BCUT2D eigenvalue weighted by Gasteiger charge is 2.09. The number of aryl methyl sites for hydroxylation is 2. The third-order valence-corrected chi connectivity index (χ3v) is 3.10. The molecular weight excluding hydrogens is 228 g/mol. The lowest BCUT2D eigenvalue weighted by atomic mass is 10.3. The van der Waals surface area contributed by atoms with Crippen LogP contribution in [0.15, 0.2) is 17.3 Å². The van der Waals surface area contributed by atoms with Crippen molar-refractivity contribution in [3.05, 3.63) is 22.9 Å². The lowest BCUT2D eigenvalue weighted by Gasteiger charge is -2.04. The Morgan fingerprint density at radius 2 is 1.89 bits per heavy atom. The normalized spacial score (nSPS) is 11.2. The quantitative estimate of drug-likeness (QED) is 0.787. The van der Waals surface area contributed by atoms with Crippen molar-refractivity contribution in [1.82, 2.24) is 19.3 Å². The van der Waals surface area contributed by atoms with Crippen LogP contribution in [0.5, 0.6) is 0 Å². The molecule has 0 atom stereocenters. The Morgan fingerprint density at radius 3 is 2.61 bits per heavy atom. The van der Waals surface area contributed by atoms with E-state index in [1.807, 2.05) is 4.68 Å². The fourth-order valence-electron chi connectivity index (χ4n) is 1.96. The lowest BCUT2D eigenvalue weighted by molar-refractivity contribution is 0.579. The minimum absolute atomic E-state index is 0.0243. The van der Waals surface area contributed by atoms with Gasteiger partial charge in [-0.3, -0.25) is 9.36 Å². The van der Waals surface area contributed by atoms with E-state index in [4.69, 9.17) is 0 Å². The molecule has 0 aliphatic heterocycles. The number of nitrogens with zero attached hydrogens (tertiary/aromatic N) is 4. The zero-order valence-corrected chi connectivity index (χ0v) is 11.1. The molecule has 0 saturated carbocycles. The summed E-state index contributed by atoms with van der Waals surface area (Å²) < 4.78 is 3.50. The Labute approximate surface area is 106 Å². The molecule has 0 bridgehead atoms. The predicted molar refractivity (Wildman–Crippen MR) is 71.6 cm³/mol. The highest BCUT2D eigenvalue weighted by Crippen LogP contribution is 2.07. The van der Waals surface area contributed by atoms with Crippen molar-refractivity contribution >= 4 is 11.0 Å². The van der Waals surface area contributed by atoms with Crippen molar-refractivity contribution in [3.8, 4) is 0 Å². The van der Waals surface area contributed by atoms with Crippen LogP contribution in [0.25, 0.3) is 11.0 Å². The summed E-state index contributed by atoms with van der Waals surface area (Å²) in [7, 11) is 0. The van der Waals surface area contributed by atoms with E-state index in [1.165, 1.54) is 0 Å². The maximum atomic E-state index is 12.2. The third-order valence-electron chi connectivity index (χ3n) is 3.10. The highest BCUT2D eigenvalue weighted by atomic mass is 16.1. The van der Waals surface area contributed by atoms with Gasteiger partial charge in [0.15, 0.2) is 5.65 Å². The average Bonchev–Trinajstić information content (AvgIpc) is 2.79. The second kappa shape index (κ2) is 5.80. The van der Waals surface area contributed by atoms with Gasteiger partial charge < -0.3 is 0 Å². The second-order valence-electron chi connectivity index (χ2n) is 4.56. The summed E-state index contributed by atoms with van der Waals surface area (Å²) in [6, 6.07) is 0. The van der Waals surface area contributed by atoms with E-state index in [0.717, 1.165) is 38.8 Å². The van der Waals surface area contributed by atoms with Crippen LogP contribution in [0.3, 0.4) is 0 Å². The lowest BCUT2D eigenvalue weighted by Crippen LogP contribution is -2.20. The molecule has 0 unspecified atom stereocenters. The molecule has 2 rings (SSSR count). The Bertz CT molecular complexity index is 570. The molecule has 0 aliphatic rings. The van der Waals surface area contributed by atoms with E-state index in [0.29, 0.717) is 11.0 Å². The van der Waals surface area contributed by atoms with Gasteiger partial charge in [0.25, 0.3) is 5.56 Å². The van der Waals surface area contributed by atoms with Gasteiger partial charge in [-0.1, -0.05) is 26.7 Å². The number of hydrogen-bond donors (Lipinski definition) is 0. The molecule has 5 heteroatoms. The zero-order chi connectivity index (χ0) is 13.0. The van der Waals surface area contributed by atoms with Gasteiger partial charge in [-0.15, -0.1) is 0 Å². The number of hydrogen-bond acceptors (Lipinski definition) is 3. The molecule has 98 valence electrons. The summed E-state index contributed by atoms with van der Waals surface area (Å²) in [5.41, 5.74) is 0.734. The maximum absolute atomic E-state index is 12.2. The Balaban J connectivity index is 2.34. The third kappa shape index (κ3) is 2.44. The van der Waals surface area contributed by atoms with Crippen LogP contribution in [0, 0.1) is 0 Å². The van der Waals surface area contributed by atoms with Crippen LogP contribution in [0.2, 0.25) is 0 Å². The number of fused-ring (bicyclic) bond motifs is 1. The monoisotopic (exact) mass is 248 g/mol. The molecule has 0 spiro atoms. The van der Waals surface area contributed by atoms with Crippen LogP contribution < -0.4 is 5.56 Å². The van der Waals surface area contributed by atoms with Crippen molar-refractivity contribution in [2.75, 3.05) is 0 Å². The molecule has 0 N–H and O–H groups in total. The molecule has 0 saturated heterocycles. The highest BCUT2D eigenvalue weighted by molar-refractivity contribution is 5.72. The molecule has 5 nitrogen and oxygen atoms in total. The first-order valence-electron chi connectivity index (χ1n) is 6.68. The van der Waals surface area contributed by atoms with Crippen molar-refractivity contribution in [3.63, 3.8) is 0 Å². The Hall–Kier alpha value is -1.65. The van der Waals surface area contributed by atoms with E-state index in [9.17, 15) is 4.79 Å². The fourth-order valence-corrected chi connectivity index (χ4v) is 1.96. The summed E-state index contributed by atoms with van der Waals surface area (Å²) in [6.45, 7) is 5.81. The van der Waals surface area contributed by atoms with E-state index < -0.39 is 0 Å². The molecule has 2 aromatic rings. The molecule has 0 amide bonds. The largest absolute Gasteiger partial charge is 0.299 e. The Morgan fingerprint density at radius 1 is 1.17 bits per heavy atom. The molecule has 18 heavy (non-hydrogen) atoms. The topological polar surface area (TPSA) is 52.7 Å². The van der Waals surface area contributed by atoms with Crippen LogP contribution in [-0.2, 0) is 13.1 Å². The van der Waals surface area contributed by atoms with E-state index >= 15 is 0 Å². The summed E-state index contributed by atoms with van der Waals surface area (Å²) >= 11 is 0. The molecule has 2 aromatic heterocycles. The van der Waals surface area contributed by atoms with Crippen molar-refractivity contribution in [1.29, 1.82) is 0 Å². The summed E-state index contributed by atoms with van der Waals surface area (Å²) in [4.78, 5) is 16.6. The fraction of sp³-hybridized carbons (Fsp3) is 0.615. The summed E-state index contributed by atoms with van der Waals surface area (Å²) in [5.74, 6) is 0. The van der Waals surface area contributed by atoms with Gasteiger partial charge in [-0.25, -0.2) is 9.67 Å². The molecule has 0 fully saturated rings. The van der Waals surface area contributed by atoms with Gasteiger partial charge in [0, 0.05) is 13.1 Å². The van der Waals surface area contributed by atoms with Crippen LogP contribution >= 0.6 is 0 Å². The zero-order valence-electron chi connectivity index (χ0n) is 11.1. The number of rotatable bonds is 6. The number of aromatic nitrogens is 4. The van der Waals surface area contributed by atoms with Gasteiger partial charge in [-0.05, 0) is 12.8 Å². The van der Waals surface area contributed by atoms with Gasteiger partial charge >= 0.3 is 0 Å². The first kappa shape index (κ1) is 12.8. The van der Waals surface area contributed by atoms with Gasteiger partial charge in [-0.2, -0.15) is 5.10 Å². The van der Waals surface area contributed by atoms with Gasteiger partial charge in [0.1, 0.15) is 5.39 Å². The molecule has 2 heterocycles. The second-order valence-corrected chi connectivity index (χ2v) is 4.56. The van der Waals surface area contributed by atoms with E-state index in [-0.39, 0.29) is 5.56 Å². The van der Waals surface area contributed by atoms with Crippen LogP contribution in [-0.4, -0.2) is 19.3 Å². The van der Waals surface area contributed by atoms with Crippen molar-refractivity contribution in [2.45, 2.75) is 52.6 Å². The van der Waals surface area contributed by atoms with Crippen LogP contribution in [0.1, 0.15) is 39.5 Å². The standard InChI is InChI=1S/C13H20N4O/c1-3-5-7-16-10-14-12-11(13(16)18)9-15-17(12)8-6-4-2/h9-10H,3-8H2,1-2H3. The molecule has 0 aliphatic carbocycles. The SMILES string of the molecule is CCCCn1cnc2c(cnn2CCCC)c1=O. The van der Waals surface area contributed by atoms with E-state index in [2.05, 4.69) is 23.9 Å². The molecule has 0 aromatic carbocycles. The maximum Gasteiger partial charge on any atom is 0.264 e. The average molecular weight is 248 g/mol. The molecular formula is C13H20N4O. The first-order valence-corrected chi connectivity index (χ1v) is 6.68. The van der Waals surface area contributed by atoms with E-state index in [1.54, 1.807) is 17.1 Å². The van der Waals surface area contributed by atoms with Crippen molar-refractivity contribution in [2.24, 2.45) is 0 Å². The summed E-state index contributed by atoms with van der Waals surface area (Å²) in [5, 5.41) is 4.89. The Kier molecular flexibility index (Phi) is 4.12. The first-order chi connectivity index (χ1) is 8.77. The number of unbranched alkanes of at least 4 members (excludes halogenated alkanes) is 2.